The van der Waals surface area contributed by atoms with Crippen molar-refractivity contribution in [1.82, 2.24) is 0 Å². The first-order chi connectivity index (χ1) is 6.85. The molecule has 3 heteroatoms. The molecule has 0 saturated heterocycles. The topological polar surface area (TPSA) is 26.3 Å². The zero-order chi connectivity index (χ0) is 11.6. The summed E-state index contributed by atoms with van der Waals surface area (Å²) in [6.45, 7) is 10.4. The van der Waals surface area contributed by atoms with Crippen molar-refractivity contribution < 1.29 is 9.53 Å². The molecule has 0 heterocycles. The van der Waals surface area contributed by atoms with Crippen LogP contribution in [0, 0.1) is 11.3 Å². The zero-order valence-electron chi connectivity index (χ0n) is 9.68. The number of ether oxygens (including phenoxy) is 1. The molecule has 1 saturated carbocycles. The molecule has 0 spiro atoms. The van der Waals surface area contributed by atoms with Gasteiger partial charge in [0.05, 0.1) is 6.61 Å². The summed E-state index contributed by atoms with van der Waals surface area (Å²) in [6, 6.07) is 0. The van der Waals surface area contributed by atoms with Crippen LogP contribution in [0.4, 0.5) is 0 Å². The molecule has 15 heavy (non-hydrogen) atoms. The Hall–Kier alpha value is -0.310. The van der Waals surface area contributed by atoms with Gasteiger partial charge in [-0.3, -0.25) is 4.79 Å². The number of alkyl halides is 1. The third-order valence-corrected chi connectivity index (χ3v) is 5.01. The van der Waals surface area contributed by atoms with E-state index in [4.69, 9.17) is 4.74 Å². The third kappa shape index (κ3) is 2.83. The Balaban J connectivity index is 2.72. The van der Waals surface area contributed by atoms with Crippen molar-refractivity contribution in [2.75, 3.05) is 6.61 Å². The molecular formula is C12H19BrO2. The van der Waals surface area contributed by atoms with Gasteiger partial charge in [0.25, 0.3) is 0 Å². The quantitative estimate of drug-likeness (QED) is 0.439. The molecule has 1 aliphatic rings. The van der Waals surface area contributed by atoms with Gasteiger partial charge in [-0.15, -0.1) is 0 Å². The smallest absolute Gasteiger partial charge is 0.302 e. The minimum Gasteiger partial charge on any atom is -0.465 e. The molecule has 2 nitrogen and oxygen atoms in total. The van der Waals surface area contributed by atoms with Crippen LogP contribution in [0.25, 0.3) is 0 Å². The summed E-state index contributed by atoms with van der Waals surface area (Å²) in [5.74, 6) is 0.0508. The first-order valence-corrected chi connectivity index (χ1v) is 6.22. The Bertz CT molecular complexity index is 271. The fourth-order valence-electron chi connectivity index (χ4n) is 2.14. The summed E-state index contributed by atoms with van der Waals surface area (Å²) in [4.78, 5) is 11.3. The lowest BCUT2D eigenvalue weighted by Crippen LogP contribution is -2.40. The second kappa shape index (κ2) is 4.69. The van der Waals surface area contributed by atoms with E-state index in [1.54, 1.807) is 0 Å². The molecule has 0 N–H and O–H groups in total. The fourth-order valence-corrected chi connectivity index (χ4v) is 2.68. The fraction of sp³-hybridized carbons (Fsp3) is 0.750. The predicted molar refractivity (Wildman–Crippen MR) is 65.0 cm³/mol. The molecule has 0 aromatic heterocycles. The Morgan fingerprint density at radius 2 is 2.27 bits per heavy atom. The SMILES string of the molecule is C=C1CCC(Br)C(C)(C)C1COC(C)=O. The van der Waals surface area contributed by atoms with Crippen LogP contribution < -0.4 is 0 Å². The molecule has 0 radical (unpaired) electrons. The van der Waals surface area contributed by atoms with E-state index in [9.17, 15) is 4.79 Å². The van der Waals surface area contributed by atoms with E-state index in [1.807, 2.05) is 0 Å². The predicted octanol–water partition coefficient (Wildman–Crippen LogP) is 3.31. The Morgan fingerprint density at radius 3 is 2.80 bits per heavy atom. The van der Waals surface area contributed by atoms with Gasteiger partial charge in [-0.2, -0.15) is 0 Å². The van der Waals surface area contributed by atoms with Crippen LogP contribution in [0.2, 0.25) is 0 Å². The highest BCUT2D eigenvalue weighted by molar-refractivity contribution is 9.09. The first-order valence-electron chi connectivity index (χ1n) is 5.30. The molecule has 2 unspecified atom stereocenters. The highest BCUT2D eigenvalue weighted by atomic mass is 79.9. The lowest BCUT2D eigenvalue weighted by Gasteiger charge is -2.43. The zero-order valence-corrected chi connectivity index (χ0v) is 11.3. The summed E-state index contributed by atoms with van der Waals surface area (Å²) < 4.78 is 5.12. The van der Waals surface area contributed by atoms with Crippen molar-refractivity contribution in [3.8, 4) is 0 Å². The molecule has 0 amide bonds. The highest BCUT2D eigenvalue weighted by Crippen LogP contribution is 2.46. The number of carbonyl (C=O) groups is 1. The van der Waals surface area contributed by atoms with E-state index in [0.717, 1.165) is 12.8 Å². The van der Waals surface area contributed by atoms with Gasteiger partial charge in [0.15, 0.2) is 0 Å². The van der Waals surface area contributed by atoms with Crippen molar-refractivity contribution in [3.05, 3.63) is 12.2 Å². The second-order valence-electron chi connectivity index (χ2n) is 4.84. The van der Waals surface area contributed by atoms with Crippen molar-refractivity contribution in [3.63, 3.8) is 0 Å². The number of carbonyl (C=O) groups excluding carboxylic acids is 1. The number of halogens is 1. The highest BCUT2D eigenvalue weighted by Gasteiger charge is 2.41. The Kier molecular flexibility index (Phi) is 3.99. The van der Waals surface area contributed by atoms with Gasteiger partial charge in [0, 0.05) is 17.7 Å². The monoisotopic (exact) mass is 274 g/mol. The average Bonchev–Trinajstić information content (AvgIpc) is 2.11. The van der Waals surface area contributed by atoms with E-state index in [2.05, 4.69) is 36.4 Å². The third-order valence-electron chi connectivity index (χ3n) is 3.37. The van der Waals surface area contributed by atoms with E-state index in [-0.39, 0.29) is 17.3 Å². The Labute approximate surface area is 100 Å². The molecular weight excluding hydrogens is 256 g/mol. The molecule has 0 aliphatic heterocycles. The van der Waals surface area contributed by atoms with Gasteiger partial charge in [-0.25, -0.2) is 0 Å². The van der Waals surface area contributed by atoms with Crippen molar-refractivity contribution in [2.24, 2.45) is 11.3 Å². The van der Waals surface area contributed by atoms with E-state index in [1.165, 1.54) is 12.5 Å². The van der Waals surface area contributed by atoms with Crippen LogP contribution in [0.15, 0.2) is 12.2 Å². The summed E-state index contributed by atoms with van der Waals surface area (Å²) >= 11 is 3.70. The van der Waals surface area contributed by atoms with Crippen LogP contribution in [-0.4, -0.2) is 17.4 Å². The number of esters is 1. The molecule has 0 aromatic carbocycles. The first kappa shape index (κ1) is 12.8. The summed E-state index contributed by atoms with van der Waals surface area (Å²) in [5, 5.41) is 0. The maximum Gasteiger partial charge on any atom is 0.302 e. The van der Waals surface area contributed by atoms with Gasteiger partial charge in [0.1, 0.15) is 0 Å². The number of rotatable bonds is 2. The molecule has 1 rings (SSSR count). The van der Waals surface area contributed by atoms with Gasteiger partial charge < -0.3 is 4.74 Å². The van der Waals surface area contributed by atoms with Crippen LogP contribution in [0.5, 0.6) is 0 Å². The lowest BCUT2D eigenvalue weighted by molar-refractivity contribution is -0.143. The number of hydrogen-bond donors (Lipinski definition) is 0. The summed E-state index contributed by atoms with van der Waals surface area (Å²) in [5.41, 5.74) is 1.31. The molecule has 2 atom stereocenters. The van der Waals surface area contributed by atoms with E-state index >= 15 is 0 Å². The second-order valence-corrected chi connectivity index (χ2v) is 5.95. The minimum absolute atomic E-state index is 0.102. The maximum atomic E-state index is 10.8. The standard InChI is InChI=1S/C12H19BrO2/c1-8-5-6-11(13)12(3,4)10(8)7-15-9(2)14/h10-11H,1,5-7H2,2-4H3. The van der Waals surface area contributed by atoms with E-state index < -0.39 is 0 Å². The van der Waals surface area contributed by atoms with Crippen LogP contribution in [0.1, 0.15) is 33.6 Å². The average molecular weight is 275 g/mol. The summed E-state index contributed by atoms with van der Waals surface area (Å²) in [6.07, 6.45) is 2.13. The normalized spacial score (nSPS) is 30.0. The minimum atomic E-state index is -0.213. The molecule has 1 aliphatic carbocycles. The molecule has 86 valence electrons. The van der Waals surface area contributed by atoms with Crippen LogP contribution in [0.3, 0.4) is 0 Å². The van der Waals surface area contributed by atoms with E-state index in [0.29, 0.717) is 11.4 Å². The molecule has 1 fully saturated rings. The Morgan fingerprint density at radius 1 is 1.67 bits per heavy atom. The van der Waals surface area contributed by atoms with Gasteiger partial charge >= 0.3 is 5.97 Å². The molecule has 0 aromatic rings. The van der Waals surface area contributed by atoms with Crippen LogP contribution >= 0.6 is 15.9 Å². The van der Waals surface area contributed by atoms with Gasteiger partial charge in [-0.1, -0.05) is 41.9 Å². The summed E-state index contributed by atoms with van der Waals surface area (Å²) in [7, 11) is 0. The van der Waals surface area contributed by atoms with Crippen molar-refractivity contribution in [1.29, 1.82) is 0 Å². The molecule has 0 bridgehead atoms. The van der Waals surface area contributed by atoms with Gasteiger partial charge in [0.2, 0.25) is 0 Å². The van der Waals surface area contributed by atoms with Crippen LogP contribution in [-0.2, 0) is 9.53 Å². The van der Waals surface area contributed by atoms with Crippen molar-refractivity contribution >= 4 is 21.9 Å². The number of hydrogen-bond acceptors (Lipinski definition) is 2. The van der Waals surface area contributed by atoms with Crippen molar-refractivity contribution in [2.45, 2.75) is 38.4 Å². The lowest BCUT2D eigenvalue weighted by atomic mass is 9.67. The largest absolute Gasteiger partial charge is 0.465 e. The van der Waals surface area contributed by atoms with Gasteiger partial charge in [-0.05, 0) is 18.3 Å². The maximum absolute atomic E-state index is 10.8.